The SMILES string of the molecule is O=C1C(CC2CC2)NN1C1CCC(CO)CC1. The molecule has 1 amide bonds. The summed E-state index contributed by atoms with van der Waals surface area (Å²) < 4.78 is 0. The van der Waals surface area contributed by atoms with Crippen LogP contribution in [-0.4, -0.2) is 34.7 Å². The number of rotatable bonds is 4. The van der Waals surface area contributed by atoms with E-state index in [0.717, 1.165) is 38.0 Å². The van der Waals surface area contributed by atoms with Gasteiger partial charge < -0.3 is 5.11 Å². The summed E-state index contributed by atoms with van der Waals surface area (Å²) in [5.74, 6) is 1.58. The van der Waals surface area contributed by atoms with Crippen molar-refractivity contribution in [3.05, 3.63) is 0 Å². The summed E-state index contributed by atoms with van der Waals surface area (Å²) >= 11 is 0. The lowest BCUT2D eigenvalue weighted by atomic mass is 9.85. The molecular weight excluding hydrogens is 216 g/mol. The van der Waals surface area contributed by atoms with Crippen LogP contribution in [0.25, 0.3) is 0 Å². The van der Waals surface area contributed by atoms with Gasteiger partial charge in [0.2, 0.25) is 0 Å². The minimum Gasteiger partial charge on any atom is -0.396 e. The molecule has 1 unspecified atom stereocenters. The van der Waals surface area contributed by atoms with Gasteiger partial charge in [-0.1, -0.05) is 12.8 Å². The van der Waals surface area contributed by atoms with Crippen molar-refractivity contribution in [3.8, 4) is 0 Å². The quantitative estimate of drug-likeness (QED) is 0.770. The molecule has 1 aliphatic heterocycles. The van der Waals surface area contributed by atoms with Gasteiger partial charge in [0.1, 0.15) is 6.04 Å². The molecule has 0 radical (unpaired) electrons. The van der Waals surface area contributed by atoms with Gasteiger partial charge in [-0.15, -0.1) is 0 Å². The zero-order chi connectivity index (χ0) is 11.8. The van der Waals surface area contributed by atoms with Crippen LogP contribution in [0.5, 0.6) is 0 Å². The molecule has 0 aromatic heterocycles. The van der Waals surface area contributed by atoms with Crippen LogP contribution in [0.4, 0.5) is 0 Å². The molecule has 1 saturated heterocycles. The lowest BCUT2D eigenvalue weighted by molar-refractivity contribution is -0.159. The monoisotopic (exact) mass is 238 g/mol. The van der Waals surface area contributed by atoms with Gasteiger partial charge in [0, 0.05) is 12.6 Å². The molecule has 1 heterocycles. The van der Waals surface area contributed by atoms with Crippen LogP contribution in [0.1, 0.15) is 44.9 Å². The number of aliphatic hydroxyl groups excluding tert-OH is 1. The Morgan fingerprint density at radius 1 is 1.12 bits per heavy atom. The predicted octanol–water partition coefficient (Wildman–Crippen LogP) is 1.05. The fourth-order valence-corrected chi connectivity index (χ4v) is 3.10. The van der Waals surface area contributed by atoms with E-state index in [0.29, 0.717) is 24.5 Å². The number of nitrogens with zero attached hydrogens (tertiary/aromatic N) is 1. The van der Waals surface area contributed by atoms with Gasteiger partial charge in [-0.25, -0.2) is 5.43 Å². The standard InChI is InChI=1S/C13H22N2O2/c16-8-10-3-5-11(6-4-10)15-13(17)12(14-15)7-9-1-2-9/h9-12,14,16H,1-8H2. The number of hydrazine groups is 1. The molecule has 1 atom stereocenters. The van der Waals surface area contributed by atoms with E-state index in [1.807, 2.05) is 5.01 Å². The van der Waals surface area contributed by atoms with Crippen LogP contribution >= 0.6 is 0 Å². The number of amides is 1. The third-order valence-corrected chi connectivity index (χ3v) is 4.54. The molecule has 2 saturated carbocycles. The molecule has 4 heteroatoms. The molecule has 0 aromatic carbocycles. The first-order chi connectivity index (χ1) is 8.28. The van der Waals surface area contributed by atoms with Crippen molar-refractivity contribution in [1.82, 2.24) is 10.4 Å². The van der Waals surface area contributed by atoms with E-state index < -0.39 is 0 Å². The summed E-state index contributed by atoms with van der Waals surface area (Å²) in [5.41, 5.74) is 3.32. The Balaban J connectivity index is 1.45. The minimum atomic E-state index is 0.109. The zero-order valence-electron chi connectivity index (χ0n) is 10.3. The van der Waals surface area contributed by atoms with Crippen molar-refractivity contribution in [2.24, 2.45) is 11.8 Å². The summed E-state index contributed by atoms with van der Waals surface area (Å²) in [6.07, 6.45) is 7.86. The lowest BCUT2D eigenvalue weighted by Gasteiger charge is -2.46. The number of hydrogen-bond donors (Lipinski definition) is 2. The van der Waals surface area contributed by atoms with Gasteiger partial charge in [0.25, 0.3) is 5.91 Å². The Kier molecular flexibility index (Phi) is 3.09. The van der Waals surface area contributed by atoms with Crippen molar-refractivity contribution in [1.29, 1.82) is 0 Å². The zero-order valence-corrected chi connectivity index (χ0v) is 10.3. The number of carbonyl (C=O) groups is 1. The summed E-state index contributed by atoms with van der Waals surface area (Å²) in [6, 6.07) is 0.485. The Hall–Kier alpha value is -0.610. The second-order valence-corrected chi connectivity index (χ2v) is 5.93. The number of aliphatic hydroxyl groups is 1. The smallest absolute Gasteiger partial charge is 0.255 e. The summed E-state index contributed by atoms with van der Waals surface area (Å²) in [7, 11) is 0. The van der Waals surface area contributed by atoms with E-state index in [9.17, 15) is 4.79 Å². The Morgan fingerprint density at radius 3 is 2.29 bits per heavy atom. The highest BCUT2D eigenvalue weighted by atomic mass is 16.3. The van der Waals surface area contributed by atoms with Crippen LogP contribution in [0, 0.1) is 11.8 Å². The number of carbonyl (C=O) groups excluding carboxylic acids is 1. The van der Waals surface area contributed by atoms with Gasteiger partial charge >= 0.3 is 0 Å². The predicted molar refractivity (Wildman–Crippen MR) is 63.9 cm³/mol. The van der Waals surface area contributed by atoms with E-state index in [2.05, 4.69) is 5.43 Å². The van der Waals surface area contributed by atoms with E-state index in [-0.39, 0.29) is 6.04 Å². The topological polar surface area (TPSA) is 52.6 Å². The van der Waals surface area contributed by atoms with E-state index in [4.69, 9.17) is 5.11 Å². The lowest BCUT2D eigenvalue weighted by Crippen LogP contribution is -2.70. The highest BCUT2D eigenvalue weighted by molar-refractivity contribution is 5.86. The Bertz CT molecular complexity index is 296. The van der Waals surface area contributed by atoms with Gasteiger partial charge in [-0.05, 0) is 43.9 Å². The van der Waals surface area contributed by atoms with Gasteiger partial charge in [0.05, 0.1) is 0 Å². The van der Waals surface area contributed by atoms with E-state index >= 15 is 0 Å². The van der Waals surface area contributed by atoms with Crippen molar-refractivity contribution in [2.45, 2.75) is 57.0 Å². The summed E-state index contributed by atoms with van der Waals surface area (Å²) in [6.45, 7) is 0.304. The molecular formula is C13H22N2O2. The normalized spacial score (nSPS) is 38.1. The fraction of sp³-hybridized carbons (Fsp3) is 0.923. The van der Waals surface area contributed by atoms with Crippen LogP contribution in [0.15, 0.2) is 0 Å². The third-order valence-electron chi connectivity index (χ3n) is 4.54. The summed E-state index contributed by atoms with van der Waals surface area (Å²) in [4.78, 5) is 12.0. The highest BCUT2D eigenvalue weighted by Gasteiger charge is 2.43. The number of hydrogen-bond acceptors (Lipinski definition) is 3. The van der Waals surface area contributed by atoms with Crippen molar-refractivity contribution in [2.75, 3.05) is 6.61 Å². The molecule has 3 fully saturated rings. The molecule has 3 aliphatic rings. The highest BCUT2D eigenvalue weighted by Crippen LogP contribution is 2.36. The second kappa shape index (κ2) is 4.58. The van der Waals surface area contributed by atoms with Gasteiger partial charge in [-0.2, -0.15) is 0 Å². The maximum atomic E-state index is 12.0. The largest absolute Gasteiger partial charge is 0.396 e. The first-order valence-electron chi connectivity index (χ1n) is 6.98. The first kappa shape index (κ1) is 11.5. The van der Waals surface area contributed by atoms with Crippen LogP contribution < -0.4 is 5.43 Å². The van der Waals surface area contributed by atoms with Gasteiger partial charge in [0.15, 0.2) is 0 Å². The van der Waals surface area contributed by atoms with Crippen molar-refractivity contribution >= 4 is 5.91 Å². The Morgan fingerprint density at radius 2 is 1.76 bits per heavy atom. The van der Waals surface area contributed by atoms with Crippen molar-refractivity contribution < 1.29 is 9.90 Å². The molecule has 2 N–H and O–H groups in total. The molecule has 0 spiro atoms. The third kappa shape index (κ3) is 2.33. The van der Waals surface area contributed by atoms with Gasteiger partial charge in [-0.3, -0.25) is 9.80 Å². The number of nitrogens with one attached hydrogen (secondary N) is 1. The maximum absolute atomic E-state index is 12.0. The van der Waals surface area contributed by atoms with Crippen molar-refractivity contribution in [3.63, 3.8) is 0 Å². The van der Waals surface area contributed by atoms with E-state index in [1.54, 1.807) is 0 Å². The molecule has 2 aliphatic carbocycles. The Labute approximate surface area is 102 Å². The molecule has 0 bridgehead atoms. The van der Waals surface area contributed by atoms with Crippen LogP contribution in [0.3, 0.4) is 0 Å². The molecule has 17 heavy (non-hydrogen) atoms. The second-order valence-electron chi connectivity index (χ2n) is 5.93. The molecule has 3 rings (SSSR count). The van der Waals surface area contributed by atoms with Crippen LogP contribution in [0.2, 0.25) is 0 Å². The molecule has 4 nitrogen and oxygen atoms in total. The first-order valence-corrected chi connectivity index (χ1v) is 6.98. The fourth-order valence-electron chi connectivity index (χ4n) is 3.10. The average molecular weight is 238 g/mol. The minimum absolute atomic E-state index is 0.109. The molecule has 96 valence electrons. The van der Waals surface area contributed by atoms with E-state index in [1.165, 1.54) is 12.8 Å². The molecule has 0 aromatic rings. The average Bonchev–Trinajstić information content (AvgIpc) is 3.18. The summed E-state index contributed by atoms with van der Waals surface area (Å²) in [5, 5.41) is 11.0. The van der Waals surface area contributed by atoms with Crippen LogP contribution in [-0.2, 0) is 4.79 Å². The maximum Gasteiger partial charge on any atom is 0.255 e.